The van der Waals surface area contributed by atoms with Gasteiger partial charge in [0.05, 0.1) is 11.6 Å². The van der Waals surface area contributed by atoms with E-state index in [0.717, 1.165) is 12.1 Å². The Labute approximate surface area is 112 Å². The molecule has 0 spiro atoms. The van der Waals surface area contributed by atoms with Crippen molar-refractivity contribution < 1.29 is 4.39 Å². The van der Waals surface area contributed by atoms with Crippen LogP contribution in [0.4, 0.5) is 10.1 Å². The van der Waals surface area contributed by atoms with E-state index in [1.54, 1.807) is 6.07 Å². The van der Waals surface area contributed by atoms with Crippen LogP contribution >= 0.6 is 0 Å². The third kappa shape index (κ3) is 3.32. The van der Waals surface area contributed by atoms with Gasteiger partial charge in [0.2, 0.25) is 0 Å². The molecule has 1 N–H and O–H groups in total. The molecule has 0 aliphatic carbocycles. The van der Waals surface area contributed by atoms with Crippen LogP contribution in [0.1, 0.15) is 23.6 Å². The molecule has 19 heavy (non-hydrogen) atoms. The van der Waals surface area contributed by atoms with Gasteiger partial charge in [-0.15, -0.1) is 0 Å². The molecular weight excluding hydrogens is 239 g/mol. The van der Waals surface area contributed by atoms with Gasteiger partial charge in [0.25, 0.3) is 0 Å². The van der Waals surface area contributed by atoms with Gasteiger partial charge in [-0.3, -0.25) is 0 Å². The molecule has 0 unspecified atom stereocenters. The summed E-state index contributed by atoms with van der Waals surface area (Å²) >= 11 is 0. The first-order valence-electron chi connectivity index (χ1n) is 6.24. The maximum atomic E-state index is 13.6. The third-order valence-corrected chi connectivity index (χ3v) is 2.99. The number of aryl methyl sites for hydroxylation is 1. The summed E-state index contributed by atoms with van der Waals surface area (Å²) in [6.45, 7) is 2.46. The van der Waals surface area contributed by atoms with Gasteiger partial charge in [-0.05, 0) is 42.3 Å². The molecule has 0 fully saturated rings. The predicted octanol–water partition coefficient (Wildman–Crippen LogP) is 3.87. The lowest BCUT2D eigenvalue weighted by molar-refractivity contribution is 0.612. The van der Waals surface area contributed by atoms with Crippen LogP contribution in [0.2, 0.25) is 0 Å². The number of rotatable bonds is 4. The van der Waals surface area contributed by atoms with Gasteiger partial charge in [-0.1, -0.05) is 19.1 Å². The minimum atomic E-state index is -0.293. The molecule has 0 atom stereocenters. The van der Waals surface area contributed by atoms with E-state index in [0.29, 0.717) is 17.7 Å². The highest BCUT2D eigenvalue weighted by molar-refractivity contribution is 5.46. The fourth-order valence-electron chi connectivity index (χ4n) is 1.88. The van der Waals surface area contributed by atoms with Crippen molar-refractivity contribution >= 4 is 5.69 Å². The van der Waals surface area contributed by atoms with Gasteiger partial charge < -0.3 is 5.32 Å². The molecule has 0 saturated heterocycles. The fraction of sp³-hybridized carbons (Fsp3) is 0.188. The van der Waals surface area contributed by atoms with Crippen molar-refractivity contribution in [3.63, 3.8) is 0 Å². The largest absolute Gasteiger partial charge is 0.381 e. The lowest BCUT2D eigenvalue weighted by Gasteiger charge is -2.09. The van der Waals surface area contributed by atoms with E-state index in [1.807, 2.05) is 24.3 Å². The Morgan fingerprint density at radius 1 is 1.21 bits per heavy atom. The fourth-order valence-corrected chi connectivity index (χ4v) is 1.88. The summed E-state index contributed by atoms with van der Waals surface area (Å²) in [7, 11) is 0. The molecule has 0 aliphatic rings. The Morgan fingerprint density at radius 3 is 2.79 bits per heavy atom. The molecule has 3 heteroatoms. The van der Waals surface area contributed by atoms with E-state index < -0.39 is 0 Å². The van der Waals surface area contributed by atoms with Crippen LogP contribution < -0.4 is 5.32 Å². The highest BCUT2D eigenvalue weighted by atomic mass is 19.1. The summed E-state index contributed by atoms with van der Waals surface area (Å²) in [6.07, 6.45) is 0.966. The molecule has 0 saturated carbocycles. The van der Waals surface area contributed by atoms with Crippen LogP contribution in [0.15, 0.2) is 42.5 Å². The summed E-state index contributed by atoms with van der Waals surface area (Å²) in [5.41, 5.74) is 3.17. The molecule has 0 aliphatic heterocycles. The average molecular weight is 254 g/mol. The van der Waals surface area contributed by atoms with Crippen molar-refractivity contribution in [2.75, 3.05) is 5.32 Å². The third-order valence-electron chi connectivity index (χ3n) is 2.99. The van der Waals surface area contributed by atoms with Crippen molar-refractivity contribution in [2.24, 2.45) is 0 Å². The second kappa shape index (κ2) is 6.01. The van der Waals surface area contributed by atoms with Crippen molar-refractivity contribution in [3.05, 3.63) is 65.0 Å². The van der Waals surface area contributed by atoms with Crippen LogP contribution in [0, 0.1) is 17.1 Å². The zero-order chi connectivity index (χ0) is 13.7. The second-order valence-corrected chi connectivity index (χ2v) is 4.33. The topological polar surface area (TPSA) is 35.8 Å². The number of halogens is 1. The number of hydrogen-bond acceptors (Lipinski definition) is 2. The lowest BCUT2D eigenvalue weighted by atomic mass is 10.1. The van der Waals surface area contributed by atoms with E-state index in [-0.39, 0.29) is 5.82 Å². The molecule has 0 bridgehead atoms. The molecule has 2 aromatic carbocycles. The number of hydrogen-bond donors (Lipinski definition) is 1. The Bertz CT molecular complexity index is 614. The van der Waals surface area contributed by atoms with E-state index >= 15 is 0 Å². The monoisotopic (exact) mass is 254 g/mol. The van der Waals surface area contributed by atoms with Gasteiger partial charge in [0, 0.05) is 17.8 Å². The van der Waals surface area contributed by atoms with Crippen molar-refractivity contribution in [2.45, 2.75) is 19.9 Å². The van der Waals surface area contributed by atoms with Crippen LogP contribution in [0.3, 0.4) is 0 Å². The smallest absolute Gasteiger partial charge is 0.128 e. The van der Waals surface area contributed by atoms with Gasteiger partial charge in [0.1, 0.15) is 5.82 Å². The number of nitrogens with one attached hydrogen (secondary N) is 1. The van der Waals surface area contributed by atoms with Gasteiger partial charge in [0.15, 0.2) is 0 Å². The summed E-state index contributed by atoms with van der Waals surface area (Å²) in [5, 5.41) is 12.0. The number of anilines is 1. The van der Waals surface area contributed by atoms with Gasteiger partial charge in [-0.25, -0.2) is 4.39 Å². The molecule has 96 valence electrons. The van der Waals surface area contributed by atoms with Gasteiger partial charge >= 0.3 is 0 Å². The molecular formula is C16H15FN2. The summed E-state index contributed by atoms with van der Waals surface area (Å²) in [4.78, 5) is 0. The van der Waals surface area contributed by atoms with E-state index in [1.165, 1.54) is 17.7 Å². The Kier molecular flexibility index (Phi) is 4.15. The molecule has 0 aromatic heterocycles. The minimum Gasteiger partial charge on any atom is -0.381 e. The highest BCUT2D eigenvalue weighted by Crippen LogP contribution is 2.15. The quantitative estimate of drug-likeness (QED) is 0.899. The first-order chi connectivity index (χ1) is 9.22. The van der Waals surface area contributed by atoms with Crippen LogP contribution in [0.5, 0.6) is 0 Å². The first kappa shape index (κ1) is 13.1. The standard InChI is InChI=1S/C16H15FN2/c1-2-12-4-3-5-15(9-12)19-11-14-8-13(10-18)6-7-16(14)17/h3-9,19H,2,11H2,1H3. The van der Waals surface area contributed by atoms with Crippen molar-refractivity contribution in [3.8, 4) is 6.07 Å². The predicted molar refractivity (Wildman–Crippen MR) is 74.3 cm³/mol. The van der Waals surface area contributed by atoms with Crippen LogP contribution in [-0.4, -0.2) is 0 Å². The Balaban J connectivity index is 2.12. The molecule has 2 aromatic rings. The van der Waals surface area contributed by atoms with Crippen LogP contribution in [-0.2, 0) is 13.0 Å². The Hall–Kier alpha value is -2.34. The SMILES string of the molecule is CCc1cccc(NCc2cc(C#N)ccc2F)c1. The number of benzene rings is 2. The molecule has 2 rings (SSSR count). The second-order valence-electron chi connectivity index (χ2n) is 4.33. The van der Waals surface area contributed by atoms with E-state index in [9.17, 15) is 4.39 Å². The zero-order valence-corrected chi connectivity index (χ0v) is 10.8. The summed E-state index contributed by atoms with van der Waals surface area (Å²) in [6, 6.07) is 14.4. The zero-order valence-electron chi connectivity index (χ0n) is 10.8. The normalized spacial score (nSPS) is 9.95. The van der Waals surface area contributed by atoms with Gasteiger partial charge in [-0.2, -0.15) is 5.26 Å². The molecule has 0 amide bonds. The van der Waals surface area contributed by atoms with E-state index in [4.69, 9.17) is 5.26 Å². The maximum Gasteiger partial charge on any atom is 0.128 e. The Morgan fingerprint density at radius 2 is 2.05 bits per heavy atom. The first-order valence-corrected chi connectivity index (χ1v) is 6.24. The summed E-state index contributed by atoms with van der Waals surface area (Å²) < 4.78 is 13.6. The number of nitriles is 1. The molecule has 0 heterocycles. The van der Waals surface area contributed by atoms with Crippen molar-refractivity contribution in [1.82, 2.24) is 0 Å². The lowest BCUT2D eigenvalue weighted by Crippen LogP contribution is -2.02. The van der Waals surface area contributed by atoms with E-state index in [2.05, 4.69) is 18.3 Å². The van der Waals surface area contributed by atoms with Crippen molar-refractivity contribution in [1.29, 1.82) is 5.26 Å². The summed E-state index contributed by atoms with van der Waals surface area (Å²) in [5.74, 6) is -0.293. The molecule has 2 nitrogen and oxygen atoms in total. The average Bonchev–Trinajstić information content (AvgIpc) is 2.46. The van der Waals surface area contributed by atoms with Crippen LogP contribution in [0.25, 0.3) is 0 Å². The minimum absolute atomic E-state index is 0.293. The maximum absolute atomic E-state index is 13.6. The highest BCUT2D eigenvalue weighted by Gasteiger charge is 2.03. The molecule has 0 radical (unpaired) electrons. The number of nitrogens with zero attached hydrogens (tertiary/aromatic N) is 1.